The average Bonchev–Trinajstić information content (AvgIpc) is 3.22. The van der Waals surface area contributed by atoms with E-state index in [1.54, 1.807) is 7.11 Å². The summed E-state index contributed by atoms with van der Waals surface area (Å²) in [6, 6.07) is 9.71. The number of amides is 1. The molecule has 2 aromatic rings. The van der Waals surface area contributed by atoms with Gasteiger partial charge >= 0.3 is 25.4 Å². The van der Waals surface area contributed by atoms with Gasteiger partial charge in [0.2, 0.25) is 0 Å². The molecule has 0 spiro atoms. The molecule has 0 saturated carbocycles. The number of ether oxygens (including phenoxy) is 2. The fourth-order valence-electron chi connectivity index (χ4n) is 3.53. The highest BCUT2D eigenvalue weighted by Crippen LogP contribution is 2.34. The van der Waals surface area contributed by atoms with Crippen molar-refractivity contribution in [1.29, 1.82) is 0 Å². The molecule has 1 aromatic heterocycles. The van der Waals surface area contributed by atoms with Gasteiger partial charge in [-0.3, -0.25) is 4.90 Å². The van der Waals surface area contributed by atoms with E-state index in [2.05, 4.69) is 10.2 Å². The molecule has 1 unspecified atom stereocenters. The van der Waals surface area contributed by atoms with Crippen LogP contribution in [0, 0.1) is 0 Å². The fourth-order valence-corrected chi connectivity index (χ4v) is 4.75. The van der Waals surface area contributed by atoms with Gasteiger partial charge in [-0.2, -0.15) is 13.2 Å². The molecule has 9 nitrogen and oxygen atoms in total. The average molecular weight is 546 g/mol. The number of nitrogens with one attached hydrogen (secondary N) is 1. The molecule has 0 saturated heterocycles. The SMILES string of the molecule is COc1ccc(CN2CCc3cc(B(O)O)sc3C2CNC(=O)OC(C)(C)C)cc1.O=C(O)C(F)(F)F. The lowest BCUT2D eigenvalue weighted by Crippen LogP contribution is -2.42. The van der Waals surface area contributed by atoms with Gasteiger partial charge < -0.3 is 29.9 Å². The maximum atomic E-state index is 12.2. The van der Waals surface area contributed by atoms with Gasteiger partial charge in [0, 0.05) is 29.3 Å². The highest BCUT2D eigenvalue weighted by molar-refractivity contribution is 7.22. The molecule has 14 heteroatoms. The lowest BCUT2D eigenvalue weighted by atomic mass is 9.88. The van der Waals surface area contributed by atoms with Crippen LogP contribution in [-0.2, 0) is 22.5 Å². The van der Waals surface area contributed by atoms with Crippen LogP contribution in [0.2, 0.25) is 0 Å². The number of thiophene rings is 1. The van der Waals surface area contributed by atoms with Crippen LogP contribution in [0.4, 0.5) is 18.0 Å². The van der Waals surface area contributed by atoms with Gasteiger partial charge in [-0.15, -0.1) is 11.3 Å². The van der Waals surface area contributed by atoms with Crippen LogP contribution in [0.25, 0.3) is 0 Å². The Balaban J connectivity index is 0.000000604. The van der Waals surface area contributed by atoms with E-state index in [4.69, 9.17) is 19.4 Å². The second-order valence-electron chi connectivity index (χ2n) is 9.18. The van der Waals surface area contributed by atoms with E-state index in [0.29, 0.717) is 17.9 Å². The van der Waals surface area contributed by atoms with Gasteiger partial charge in [0.1, 0.15) is 11.4 Å². The monoisotopic (exact) mass is 546 g/mol. The molecule has 1 atom stereocenters. The van der Waals surface area contributed by atoms with E-state index in [9.17, 15) is 28.0 Å². The molecule has 0 aliphatic carbocycles. The minimum Gasteiger partial charge on any atom is -0.497 e. The van der Waals surface area contributed by atoms with E-state index in [0.717, 1.165) is 34.7 Å². The van der Waals surface area contributed by atoms with Crippen LogP contribution < -0.4 is 14.8 Å². The largest absolute Gasteiger partial charge is 0.499 e. The smallest absolute Gasteiger partial charge is 0.497 e. The number of alkyl carbamates (subject to hydrolysis) is 1. The summed E-state index contributed by atoms with van der Waals surface area (Å²) in [6.07, 6.45) is -4.73. The van der Waals surface area contributed by atoms with Crippen LogP contribution in [0.5, 0.6) is 5.75 Å². The first-order valence-electron chi connectivity index (χ1n) is 11.2. The third-order valence-corrected chi connectivity index (χ3v) is 6.47. The standard InChI is InChI=1S/C21H29BN2O5S.C2HF3O2/c1-21(2,3)29-20(25)23-12-17-19-15(11-18(30-19)22(26)27)9-10-24(17)13-14-5-7-16(28-4)8-6-14;3-2(4,5)1(6)7/h5-8,11,17,26-27H,9-10,12-13H2,1-4H3,(H,23,25);(H,6,7). The number of carboxylic acids is 1. The first-order valence-corrected chi connectivity index (χ1v) is 12.0. The molecule has 2 heterocycles. The van der Waals surface area contributed by atoms with Crippen molar-refractivity contribution in [2.75, 3.05) is 20.2 Å². The number of hydrogen-bond acceptors (Lipinski definition) is 8. The van der Waals surface area contributed by atoms with E-state index in [1.165, 1.54) is 11.3 Å². The number of nitrogens with zero attached hydrogens (tertiary/aromatic N) is 1. The Kier molecular flexibility index (Phi) is 10.4. The van der Waals surface area contributed by atoms with Crippen molar-refractivity contribution < 1.29 is 47.4 Å². The topological polar surface area (TPSA) is 129 Å². The zero-order chi connectivity index (χ0) is 28.0. The summed E-state index contributed by atoms with van der Waals surface area (Å²) < 4.78 is 42.9. The molecule has 37 heavy (non-hydrogen) atoms. The third-order valence-electron chi connectivity index (χ3n) is 5.15. The Morgan fingerprint density at radius 1 is 1.19 bits per heavy atom. The highest BCUT2D eigenvalue weighted by Gasteiger charge is 2.38. The number of benzene rings is 1. The van der Waals surface area contributed by atoms with Crippen LogP contribution in [0.3, 0.4) is 0 Å². The number of halogens is 3. The van der Waals surface area contributed by atoms with Gasteiger partial charge in [-0.1, -0.05) is 12.1 Å². The minimum atomic E-state index is -5.08. The maximum absolute atomic E-state index is 12.2. The second-order valence-corrected chi connectivity index (χ2v) is 10.3. The van der Waals surface area contributed by atoms with Gasteiger partial charge in [-0.25, -0.2) is 9.59 Å². The Morgan fingerprint density at radius 3 is 2.27 bits per heavy atom. The first-order chi connectivity index (χ1) is 17.1. The maximum Gasteiger partial charge on any atom is 0.499 e. The lowest BCUT2D eigenvalue weighted by molar-refractivity contribution is -0.192. The van der Waals surface area contributed by atoms with E-state index >= 15 is 0 Å². The van der Waals surface area contributed by atoms with E-state index in [1.807, 2.05) is 51.1 Å². The summed E-state index contributed by atoms with van der Waals surface area (Å²) in [7, 11) is 0.152. The molecule has 1 aromatic carbocycles. The van der Waals surface area contributed by atoms with Crippen molar-refractivity contribution in [2.45, 2.75) is 51.6 Å². The molecule has 0 fully saturated rings. The number of aliphatic carboxylic acids is 1. The summed E-state index contributed by atoms with van der Waals surface area (Å²) in [5, 5.41) is 29.2. The predicted molar refractivity (Wildman–Crippen MR) is 132 cm³/mol. The van der Waals surface area contributed by atoms with Crippen LogP contribution in [-0.4, -0.2) is 71.2 Å². The van der Waals surface area contributed by atoms with Crippen LogP contribution >= 0.6 is 11.3 Å². The second kappa shape index (κ2) is 12.6. The summed E-state index contributed by atoms with van der Waals surface area (Å²) in [6.45, 7) is 7.37. The summed E-state index contributed by atoms with van der Waals surface area (Å²) in [4.78, 5) is 24.5. The first kappa shape index (κ1) is 30.4. The Bertz CT molecular complexity index is 1060. The minimum absolute atomic E-state index is 0.0825. The molecular formula is C23H30BF3N2O7S. The van der Waals surface area contributed by atoms with Gasteiger partial charge in [0.25, 0.3) is 0 Å². The number of methoxy groups -OCH3 is 1. The molecule has 1 aliphatic heterocycles. The van der Waals surface area contributed by atoms with Crippen molar-refractivity contribution >= 4 is 35.3 Å². The molecule has 0 bridgehead atoms. The molecule has 1 amide bonds. The summed E-state index contributed by atoms with van der Waals surface area (Å²) in [5.74, 6) is -1.95. The molecule has 1 aliphatic rings. The number of hydrogen-bond donors (Lipinski definition) is 4. The summed E-state index contributed by atoms with van der Waals surface area (Å²) in [5.41, 5.74) is 1.67. The number of carbonyl (C=O) groups is 2. The van der Waals surface area contributed by atoms with Gasteiger partial charge in [0.15, 0.2) is 0 Å². The highest BCUT2D eigenvalue weighted by atomic mass is 32.1. The van der Waals surface area contributed by atoms with Gasteiger partial charge in [0.05, 0.1) is 13.2 Å². The molecular weight excluding hydrogens is 516 g/mol. The zero-order valence-electron chi connectivity index (χ0n) is 20.8. The number of alkyl halides is 3. The van der Waals surface area contributed by atoms with E-state index < -0.39 is 31.0 Å². The van der Waals surface area contributed by atoms with Crippen molar-refractivity contribution in [3.8, 4) is 5.75 Å². The molecule has 0 radical (unpaired) electrons. The number of carboxylic acid groups (broad SMARTS) is 1. The number of carbonyl (C=O) groups excluding carboxylic acids is 1. The number of rotatable bonds is 6. The Hall–Kier alpha value is -2.81. The zero-order valence-corrected chi connectivity index (χ0v) is 21.7. The Morgan fingerprint density at radius 2 is 1.78 bits per heavy atom. The van der Waals surface area contributed by atoms with Crippen molar-refractivity contribution in [3.05, 3.63) is 46.3 Å². The number of fused-ring (bicyclic) bond motifs is 1. The fraction of sp³-hybridized carbons (Fsp3) is 0.478. The molecule has 4 N–H and O–H groups in total. The van der Waals surface area contributed by atoms with Crippen molar-refractivity contribution in [2.24, 2.45) is 0 Å². The normalized spacial score (nSPS) is 15.6. The van der Waals surface area contributed by atoms with Crippen LogP contribution in [0.1, 0.15) is 42.8 Å². The van der Waals surface area contributed by atoms with Crippen LogP contribution in [0.15, 0.2) is 30.3 Å². The van der Waals surface area contributed by atoms with Crippen molar-refractivity contribution in [3.63, 3.8) is 0 Å². The third kappa shape index (κ3) is 9.54. The predicted octanol–water partition coefficient (Wildman–Crippen LogP) is 2.69. The Labute approximate surface area is 217 Å². The summed E-state index contributed by atoms with van der Waals surface area (Å²) >= 11 is 1.38. The van der Waals surface area contributed by atoms with Gasteiger partial charge in [-0.05, 0) is 56.5 Å². The molecule has 3 rings (SSSR count). The van der Waals surface area contributed by atoms with E-state index in [-0.39, 0.29) is 6.04 Å². The molecule has 204 valence electrons. The quantitative estimate of drug-likeness (QED) is 0.408. The van der Waals surface area contributed by atoms with Crippen molar-refractivity contribution in [1.82, 2.24) is 10.2 Å². The lowest BCUT2D eigenvalue weighted by Gasteiger charge is -2.36.